The summed E-state index contributed by atoms with van der Waals surface area (Å²) in [5.41, 5.74) is 3.62. The molecule has 0 radical (unpaired) electrons. The van der Waals surface area contributed by atoms with Crippen molar-refractivity contribution in [2.24, 2.45) is 5.10 Å². The molecule has 0 unspecified atom stereocenters. The number of benzene rings is 2. The number of aromatic carboxylic acids is 1. The summed E-state index contributed by atoms with van der Waals surface area (Å²) in [6, 6.07) is 15.1. The number of carboxylic acids is 1. The van der Waals surface area contributed by atoms with Crippen molar-refractivity contribution in [1.82, 2.24) is 9.99 Å². The zero-order valence-corrected chi connectivity index (χ0v) is 14.3. The average molecular weight is 376 g/mol. The van der Waals surface area contributed by atoms with E-state index in [4.69, 9.17) is 10.4 Å². The summed E-state index contributed by atoms with van der Waals surface area (Å²) in [7, 11) is 0. The molecule has 0 atom stereocenters. The predicted octanol–water partition coefficient (Wildman–Crippen LogP) is 2.95. The Morgan fingerprint density at radius 1 is 1.18 bits per heavy atom. The van der Waals surface area contributed by atoms with E-state index in [-0.39, 0.29) is 16.7 Å². The second-order valence-electron chi connectivity index (χ2n) is 5.66. The molecular weight excluding hydrogens is 363 g/mol. The Kier molecular flexibility index (Phi) is 5.28. The van der Waals surface area contributed by atoms with Gasteiger partial charge >= 0.3 is 5.97 Å². The van der Waals surface area contributed by atoms with Gasteiger partial charge in [0.05, 0.1) is 34.7 Å². The van der Waals surface area contributed by atoms with Crippen LogP contribution >= 0.6 is 0 Å². The Morgan fingerprint density at radius 3 is 2.57 bits per heavy atom. The molecule has 0 aliphatic rings. The molecule has 3 aromatic rings. The summed E-state index contributed by atoms with van der Waals surface area (Å²) < 4.78 is 15.6. The third-order valence-electron chi connectivity index (χ3n) is 3.88. The summed E-state index contributed by atoms with van der Waals surface area (Å²) >= 11 is 0. The van der Waals surface area contributed by atoms with E-state index in [1.54, 1.807) is 41.1 Å². The van der Waals surface area contributed by atoms with Crippen molar-refractivity contribution in [3.63, 3.8) is 0 Å². The maximum Gasteiger partial charge on any atom is 0.335 e. The van der Waals surface area contributed by atoms with Gasteiger partial charge in [0.2, 0.25) is 0 Å². The van der Waals surface area contributed by atoms with Gasteiger partial charge in [0, 0.05) is 11.9 Å². The van der Waals surface area contributed by atoms with E-state index in [1.165, 1.54) is 30.5 Å². The zero-order valence-electron chi connectivity index (χ0n) is 14.3. The van der Waals surface area contributed by atoms with Gasteiger partial charge in [-0.2, -0.15) is 10.4 Å². The van der Waals surface area contributed by atoms with Gasteiger partial charge in [-0.3, -0.25) is 4.79 Å². The van der Waals surface area contributed by atoms with E-state index in [9.17, 15) is 14.0 Å². The molecule has 0 saturated heterocycles. The number of aromatic nitrogens is 1. The number of hydrazone groups is 1. The molecule has 2 aromatic carbocycles. The topological polar surface area (TPSA) is 107 Å². The normalized spacial score (nSPS) is 10.6. The van der Waals surface area contributed by atoms with Gasteiger partial charge < -0.3 is 9.67 Å². The fourth-order valence-electron chi connectivity index (χ4n) is 2.49. The Hall–Kier alpha value is -4.25. The van der Waals surface area contributed by atoms with Gasteiger partial charge in [0.1, 0.15) is 5.82 Å². The number of hydrogen-bond acceptors (Lipinski definition) is 4. The fraction of sp³-hybridized carbons (Fsp3) is 0. The monoisotopic (exact) mass is 376 g/mol. The van der Waals surface area contributed by atoms with Gasteiger partial charge in [-0.25, -0.2) is 14.6 Å². The van der Waals surface area contributed by atoms with Crippen molar-refractivity contribution in [3.05, 3.63) is 89.0 Å². The van der Waals surface area contributed by atoms with Crippen LogP contribution in [0, 0.1) is 17.1 Å². The van der Waals surface area contributed by atoms with Crippen molar-refractivity contribution in [2.45, 2.75) is 0 Å². The van der Waals surface area contributed by atoms with Crippen molar-refractivity contribution < 1.29 is 19.1 Å². The minimum absolute atomic E-state index is 0.115. The molecule has 0 aliphatic heterocycles. The first-order valence-electron chi connectivity index (χ1n) is 8.04. The number of amides is 1. The summed E-state index contributed by atoms with van der Waals surface area (Å²) in [5.74, 6) is -2.57. The third-order valence-corrected chi connectivity index (χ3v) is 3.88. The van der Waals surface area contributed by atoms with Crippen LogP contribution in [0.1, 0.15) is 32.0 Å². The Balaban J connectivity index is 1.74. The molecule has 3 rings (SSSR count). The van der Waals surface area contributed by atoms with Crippen LogP contribution in [0.5, 0.6) is 0 Å². The highest BCUT2D eigenvalue weighted by molar-refractivity contribution is 5.95. The second-order valence-corrected chi connectivity index (χ2v) is 5.66. The van der Waals surface area contributed by atoms with Gasteiger partial charge in [-0.05, 0) is 54.6 Å². The first-order chi connectivity index (χ1) is 13.5. The quantitative estimate of drug-likeness (QED) is 0.527. The standard InChI is InChI=1S/C20H13FN4O3/c21-18-10-13(11-22)3-8-17(18)19(26)24-23-12-16-2-1-9-25(16)15-6-4-14(5-7-15)20(27)28/h1-10,12H,(H,24,26)(H,27,28)/b23-12+. The molecule has 7 nitrogen and oxygen atoms in total. The highest BCUT2D eigenvalue weighted by Crippen LogP contribution is 2.13. The maximum absolute atomic E-state index is 13.9. The molecular formula is C20H13FN4O3. The first kappa shape index (κ1) is 18.5. The molecule has 1 heterocycles. The van der Waals surface area contributed by atoms with E-state index < -0.39 is 17.7 Å². The third kappa shape index (κ3) is 3.94. The molecule has 28 heavy (non-hydrogen) atoms. The van der Waals surface area contributed by atoms with Crippen LogP contribution in [-0.2, 0) is 0 Å². The van der Waals surface area contributed by atoms with Gasteiger partial charge in [-0.1, -0.05) is 0 Å². The van der Waals surface area contributed by atoms with E-state index >= 15 is 0 Å². The van der Waals surface area contributed by atoms with Crippen molar-refractivity contribution in [1.29, 1.82) is 5.26 Å². The van der Waals surface area contributed by atoms with E-state index in [1.807, 2.05) is 0 Å². The number of halogens is 1. The van der Waals surface area contributed by atoms with E-state index in [2.05, 4.69) is 10.5 Å². The van der Waals surface area contributed by atoms with Crippen molar-refractivity contribution >= 4 is 18.1 Å². The molecule has 0 saturated carbocycles. The summed E-state index contributed by atoms with van der Waals surface area (Å²) in [4.78, 5) is 23.0. The van der Waals surface area contributed by atoms with Crippen LogP contribution in [0.2, 0.25) is 0 Å². The lowest BCUT2D eigenvalue weighted by molar-refractivity contribution is 0.0696. The molecule has 1 aromatic heterocycles. The maximum atomic E-state index is 13.9. The Bertz CT molecular complexity index is 1110. The minimum atomic E-state index is -1.02. The van der Waals surface area contributed by atoms with Crippen LogP contribution in [0.4, 0.5) is 4.39 Å². The van der Waals surface area contributed by atoms with Crippen LogP contribution in [0.3, 0.4) is 0 Å². The molecule has 0 fully saturated rings. The number of carboxylic acid groups (broad SMARTS) is 1. The molecule has 0 aliphatic carbocycles. The van der Waals surface area contributed by atoms with Crippen LogP contribution < -0.4 is 5.43 Å². The van der Waals surface area contributed by atoms with Crippen LogP contribution in [0.15, 0.2) is 65.9 Å². The first-order valence-corrected chi connectivity index (χ1v) is 8.04. The molecule has 0 bridgehead atoms. The number of nitrogens with one attached hydrogen (secondary N) is 1. The van der Waals surface area contributed by atoms with E-state index in [0.29, 0.717) is 11.4 Å². The van der Waals surface area contributed by atoms with Gasteiger partial charge in [0.15, 0.2) is 0 Å². The smallest absolute Gasteiger partial charge is 0.335 e. The fourth-order valence-corrected chi connectivity index (χ4v) is 2.49. The second kappa shape index (κ2) is 7.97. The predicted molar refractivity (Wildman–Crippen MR) is 98.9 cm³/mol. The number of nitrogens with zero attached hydrogens (tertiary/aromatic N) is 3. The van der Waals surface area contributed by atoms with Crippen LogP contribution in [-0.4, -0.2) is 27.8 Å². The number of carbonyl (C=O) groups excluding carboxylic acids is 1. The SMILES string of the molecule is N#Cc1ccc(C(=O)N/N=C/c2cccn2-c2ccc(C(=O)O)cc2)c(F)c1. The van der Waals surface area contributed by atoms with Crippen LogP contribution in [0.25, 0.3) is 5.69 Å². The highest BCUT2D eigenvalue weighted by Gasteiger charge is 2.11. The minimum Gasteiger partial charge on any atom is -0.478 e. The molecule has 1 amide bonds. The number of nitriles is 1. The summed E-state index contributed by atoms with van der Waals surface area (Å²) in [5, 5.41) is 21.5. The number of hydrogen-bond donors (Lipinski definition) is 2. The largest absolute Gasteiger partial charge is 0.478 e. The van der Waals surface area contributed by atoms with Crippen molar-refractivity contribution in [2.75, 3.05) is 0 Å². The average Bonchev–Trinajstić information content (AvgIpc) is 3.16. The Labute approximate surface area is 159 Å². The number of rotatable bonds is 5. The zero-order chi connectivity index (χ0) is 20.1. The van der Waals surface area contributed by atoms with E-state index in [0.717, 1.165) is 6.07 Å². The molecule has 8 heteroatoms. The molecule has 2 N–H and O–H groups in total. The lowest BCUT2D eigenvalue weighted by atomic mass is 10.1. The van der Waals surface area contributed by atoms with Gasteiger partial charge in [0.25, 0.3) is 5.91 Å². The lowest BCUT2D eigenvalue weighted by Crippen LogP contribution is -2.19. The lowest BCUT2D eigenvalue weighted by Gasteiger charge is -2.07. The van der Waals surface area contributed by atoms with Gasteiger partial charge in [-0.15, -0.1) is 0 Å². The number of carbonyl (C=O) groups is 2. The summed E-state index contributed by atoms with van der Waals surface area (Å²) in [6.07, 6.45) is 3.13. The molecule has 138 valence electrons. The molecule has 0 spiro atoms. The Morgan fingerprint density at radius 2 is 1.93 bits per heavy atom. The summed E-state index contributed by atoms with van der Waals surface area (Å²) in [6.45, 7) is 0. The highest BCUT2D eigenvalue weighted by atomic mass is 19.1. The van der Waals surface area contributed by atoms with Crippen molar-refractivity contribution in [3.8, 4) is 11.8 Å².